The van der Waals surface area contributed by atoms with Gasteiger partial charge in [0.25, 0.3) is 0 Å². The maximum atomic E-state index is 6.06. The van der Waals surface area contributed by atoms with Crippen molar-refractivity contribution in [2.45, 2.75) is 25.8 Å². The Morgan fingerprint density at radius 3 is 2.58 bits per heavy atom. The monoisotopic (exact) mass is 252 g/mol. The lowest BCUT2D eigenvalue weighted by molar-refractivity contribution is 0.698. The van der Waals surface area contributed by atoms with Crippen LogP contribution in [0, 0.1) is 0 Å². The van der Waals surface area contributed by atoms with Gasteiger partial charge in [-0.2, -0.15) is 0 Å². The van der Waals surface area contributed by atoms with Gasteiger partial charge in [-0.05, 0) is 42.2 Å². The number of para-hydroxylation sites is 1. The number of hydrogen-bond acceptors (Lipinski definition) is 2. The molecule has 3 rings (SSSR count). The largest absolute Gasteiger partial charge is 0.341 e. The summed E-state index contributed by atoms with van der Waals surface area (Å²) in [6, 6.07) is 17.5. The maximum Gasteiger partial charge on any atom is 0.0444 e. The van der Waals surface area contributed by atoms with E-state index in [4.69, 9.17) is 5.73 Å². The quantitative estimate of drug-likeness (QED) is 0.900. The minimum atomic E-state index is 0.153. The third-order valence-corrected chi connectivity index (χ3v) is 3.96. The highest BCUT2D eigenvalue weighted by molar-refractivity contribution is 5.69. The summed E-state index contributed by atoms with van der Waals surface area (Å²) in [4.78, 5) is 2.39. The fraction of sp³-hybridized carbons (Fsp3) is 0.294. The number of hydrogen-bond donors (Lipinski definition) is 1. The third-order valence-electron chi connectivity index (χ3n) is 3.96. The highest BCUT2D eigenvalue weighted by Crippen LogP contribution is 2.34. The van der Waals surface area contributed by atoms with E-state index in [1.165, 1.54) is 22.5 Å². The van der Waals surface area contributed by atoms with Crippen molar-refractivity contribution in [2.24, 2.45) is 5.73 Å². The zero-order valence-corrected chi connectivity index (χ0v) is 11.3. The molecule has 1 aliphatic rings. The molecule has 0 spiro atoms. The van der Waals surface area contributed by atoms with E-state index in [2.05, 4.69) is 60.4 Å². The molecule has 0 fully saturated rings. The van der Waals surface area contributed by atoms with E-state index < -0.39 is 0 Å². The van der Waals surface area contributed by atoms with Crippen LogP contribution in [0.25, 0.3) is 0 Å². The fourth-order valence-corrected chi connectivity index (χ4v) is 2.74. The molecule has 1 atom stereocenters. The van der Waals surface area contributed by atoms with Crippen molar-refractivity contribution in [1.82, 2.24) is 0 Å². The van der Waals surface area contributed by atoms with E-state index in [1.54, 1.807) is 0 Å². The van der Waals surface area contributed by atoms with Gasteiger partial charge in [-0.1, -0.05) is 37.3 Å². The molecular weight excluding hydrogens is 232 g/mol. The standard InChI is InChI=1S/C17H20N2/c1-2-16(18)13-7-9-15(10-8-13)19-12-11-14-5-3-4-6-17(14)19/h3-10,16H,2,11-12,18H2,1H3/t16-/m0/s1. The molecular formula is C17H20N2. The van der Waals surface area contributed by atoms with Crippen LogP contribution in [0.5, 0.6) is 0 Å². The molecule has 0 radical (unpaired) electrons. The highest BCUT2D eigenvalue weighted by atomic mass is 15.2. The lowest BCUT2D eigenvalue weighted by atomic mass is 10.1. The van der Waals surface area contributed by atoms with Crippen LogP contribution < -0.4 is 10.6 Å². The van der Waals surface area contributed by atoms with Gasteiger partial charge in [0.2, 0.25) is 0 Å². The number of anilines is 2. The Kier molecular flexibility index (Phi) is 3.26. The van der Waals surface area contributed by atoms with Crippen molar-refractivity contribution in [3.05, 3.63) is 59.7 Å². The average Bonchev–Trinajstić information content (AvgIpc) is 2.90. The summed E-state index contributed by atoms with van der Waals surface area (Å²) in [5.41, 5.74) is 11.3. The normalized spacial score (nSPS) is 15.4. The van der Waals surface area contributed by atoms with Gasteiger partial charge >= 0.3 is 0 Å². The Bertz CT molecular complexity index is 560. The van der Waals surface area contributed by atoms with Gasteiger partial charge in [0.05, 0.1) is 0 Å². The Labute approximate surface area is 114 Å². The Morgan fingerprint density at radius 2 is 1.84 bits per heavy atom. The summed E-state index contributed by atoms with van der Waals surface area (Å²) in [7, 11) is 0. The lowest BCUT2D eigenvalue weighted by Crippen LogP contribution is -2.14. The van der Waals surface area contributed by atoms with Crippen LogP contribution in [-0.2, 0) is 6.42 Å². The molecule has 2 nitrogen and oxygen atoms in total. The molecule has 1 aliphatic heterocycles. The summed E-state index contributed by atoms with van der Waals surface area (Å²) in [6.45, 7) is 3.19. The molecule has 0 saturated carbocycles. The summed E-state index contributed by atoms with van der Waals surface area (Å²) < 4.78 is 0. The molecule has 0 amide bonds. The minimum absolute atomic E-state index is 0.153. The molecule has 1 heterocycles. The SMILES string of the molecule is CC[C@H](N)c1ccc(N2CCc3ccccc32)cc1. The molecule has 2 aromatic carbocycles. The lowest BCUT2D eigenvalue weighted by Gasteiger charge is -2.20. The van der Waals surface area contributed by atoms with Gasteiger partial charge in [-0.15, -0.1) is 0 Å². The maximum absolute atomic E-state index is 6.06. The topological polar surface area (TPSA) is 29.3 Å². The molecule has 0 aromatic heterocycles. The first-order valence-electron chi connectivity index (χ1n) is 7.00. The second kappa shape index (κ2) is 5.06. The zero-order valence-electron chi connectivity index (χ0n) is 11.3. The molecule has 0 saturated heterocycles. The van der Waals surface area contributed by atoms with Gasteiger partial charge in [0.15, 0.2) is 0 Å². The van der Waals surface area contributed by atoms with Crippen LogP contribution in [0.15, 0.2) is 48.5 Å². The van der Waals surface area contributed by atoms with Gasteiger partial charge < -0.3 is 10.6 Å². The zero-order chi connectivity index (χ0) is 13.2. The van der Waals surface area contributed by atoms with E-state index in [0.717, 1.165) is 19.4 Å². The first-order chi connectivity index (χ1) is 9.29. The fourth-order valence-electron chi connectivity index (χ4n) is 2.74. The Hall–Kier alpha value is -1.80. The van der Waals surface area contributed by atoms with Gasteiger partial charge in [-0.3, -0.25) is 0 Å². The number of benzene rings is 2. The predicted octanol–water partition coefficient (Wildman–Crippen LogP) is 3.79. The highest BCUT2D eigenvalue weighted by Gasteiger charge is 2.19. The summed E-state index contributed by atoms with van der Waals surface area (Å²) >= 11 is 0. The van der Waals surface area contributed by atoms with E-state index >= 15 is 0 Å². The molecule has 2 heteroatoms. The molecule has 19 heavy (non-hydrogen) atoms. The van der Waals surface area contributed by atoms with E-state index in [-0.39, 0.29) is 6.04 Å². The molecule has 0 aliphatic carbocycles. The van der Waals surface area contributed by atoms with Gasteiger partial charge in [0.1, 0.15) is 0 Å². The second-order valence-corrected chi connectivity index (χ2v) is 5.14. The molecule has 98 valence electrons. The average molecular weight is 252 g/mol. The van der Waals surface area contributed by atoms with Crippen LogP contribution in [0.3, 0.4) is 0 Å². The molecule has 0 unspecified atom stereocenters. The van der Waals surface area contributed by atoms with Crippen molar-refractivity contribution in [3.8, 4) is 0 Å². The van der Waals surface area contributed by atoms with Crippen LogP contribution >= 0.6 is 0 Å². The molecule has 0 bridgehead atoms. The summed E-state index contributed by atoms with van der Waals surface area (Å²) in [6.07, 6.45) is 2.11. The number of fused-ring (bicyclic) bond motifs is 1. The minimum Gasteiger partial charge on any atom is -0.341 e. The van der Waals surface area contributed by atoms with Crippen LogP contribution in [0.4, 0.5) is 11.4 Å². The van der Waals surface area contributed by atoms with Gasteiger partial charge in [-0.25, -0.2) is 0 Å². The Balaban J connectivity index is 1.88. The third kappa shape index (κ3) is 2.24. The van der Waals surface area contributed by atoms with Crippen LogP contribution in [0.1, 0.15) is 30.5 Å². The van der Waals surface area contributed by atoms with Crippen molar-refractivity contribution in [2.75, 3.05) is 11.4 Å². The van der Waals surface area contributed by atoms with Crippen molar-refractivity contribution in [1.29, 1.82) is 0 Å². The number of rotatable bonds is 3. The van der Waals surface area contributed by atoms with E-state index in [1.807, 2.05) is 0 Å². The second-order valence-electron chi connectivity index (χ2n) is 5.14. The smallest absolute Gasteiger partial charge is 0.0444 e. The van der Waals surface area contributed by atoms with E-state index in [0.29, 0.717) is 0 Å². The predicted molar refractivity (Wildman–Crippen MR) is 80.8 cm³/mol. The van der Waals surface area contributed by atoms with Gasteiger partial charge in [0, 0.05) is 24.0 Å². The Morgan fingerprint density at radius 1 is 1.11 bits per heavy atom. The number of nitrogens with two attached hydrogens (primary N) is 1. The van der Waals surface area contributed by atoms with Crippen molar-refractivity contribution < 1.29 is 0 Å². The molecule has 2 N–H and O–H groups in total. The van der Waals surface area contributed by atoms with Crippen LogP contribution in [0.2, 0.25) is 0 Å². The first kappa shape index (κ1) is 12.2. The summed E-state index contributed by atoms with van der Waals surface area (Å²) in [5.74, 6) is 0. The molecule has 2 aromatic rings. The van der Waals surface area contributed by atoms with Crippen molar-refractivity contribution >= 4 is 11.4 Å². The van der Waals surface area contributed by atoms with E-state index in [9.17, 15) is 0 Å². The number of nitrogens with zero attached hydrogens (tertiary/aromatic N) is 1. The first-order valence-corrected chi connectivity index (χ1v) is 7.00. The van der Waals surface area contributed by atoms with Crippen LogP contribution in [-0.4, -0.2) is 6.54 Å². The summed E-state index contributed by atoms with van der Waals surface area (Å²) in [5, 5.41) is 0. The van der Waals surface area contributed by atoms with Crippen molar-refractivity contribution in [3.63, 3.8) is 0 Å².